The van der Waals surface area contributed by atoms with Gasteiger partial charge in [-0.3, -0.25) is 4.40 Å². The molecule has 194 valence electrons. The van der Waals surface area contributed by atoms with E-state index in [1.807, 2.05) is 0 Å². The molecule has 35 heavy (non-hydrogen) atoms. The van der Waals surface area contributed by atoms with Crippen molar-refractivity contribution >= 4 is 15.5 Å². The smallest absolute Gasteiger partial charge is 0.460 e. The van der Waals surface area contributed by atoms with Crippen LogP contribution in [0.25, 0.3) is 11.5 Å². The summed E-state index contributed by atoms with van der Waals surface area (Å²) in [5.41, 5.74) is -1.51. The molecule has 7 nitrogen and oxygen atoms in total. The lowest BCUT2D eigenvalue weighted by molar-refractivity contribution is -0.358. The highest BCUT2D eigenvalue weighted by Gasteiger charge is 2.73. The van der Waals surface area contributed by atoms with Gasteiger partial charge in [0, 0.05) is 6.20 Å². The summed E-state index contributed by atoms with van der Waals surface area (Å²) < 4.78 is 160. The maximum atomic E-state index is 13.4. The quantitative estimate of drug-likeness (QED) is 0.410. The van der Waals surface area contributed by atoms with Crippen LogP contribution in [-0.4, -0.2) is 58.0 Å². The van der Waals surface area contributed by atoms with Crippen molar-refractivity contribution in [3.05, 3.63) is 36.3 Å². The van der Waals surface area contributed by atoms with Crippen molar-refractivity contribution in [1.29, 1.82) is 0 Å². The van der Waals surface area contributed by atoms with Crippen LogP contribution in [0.2, 0.25) is 0 Å². The second-order valence-electron chi connectivity index (χ2n) is 6.97. The number of fused-ring (bicyclic) bond motifs is 1. The number of hydrogen-bond donors (Lipinski definition) is 0. The molecule has 0 aliphatic rings. The molecule has 0 fully saturated rings. The monoisotopic (exact) mass is 542 g/mol. The lowest BCUT2D eigenvalue weighted by Gasteiger charge is -2.27. The highest BCUT2D eigenvalue weighted by molar-refractivity contribution is 7.91. The van der Waals surface area contributed by atoms with Gasteiger partial charge in [0.15, 0.2) is 33.0 Å². The first kappa shape index (κ1) is 26.6. The molecule has 0 saturated carbocycles. The summed E-state index contributed by atoms with van der Waals surface area (Å²) in [6.45, 7) is -1.25. The largest absolute Gasteiger partial charge is 0.484 e. The molecule has 3 aromatic heterocycles. The van der Waals surface area contributed by atoms with Gasteiger partial charge in [-0.1, -0.05) is 6.92 Å². The zero-order valence-corrected chi connectivity index (χ0v) is 17.8. The number of pyridine rings is 1. The van der Waals surface area contributed by atoms with E-state index >= 15 is 0 Å². The van der Waals surface area contributed by atoms with Gasteiger partial charge in [0.2, 0.25) is 0 Å². The molecule has 0 radical (unpaired) electrons. The van der Waals surface area contributed by atoms with Crippen LogP contribution in [-0.2, 0) is 16.0 Å². The topological polar surface area (TPSA) is 78.5 Å². The lowest BCUT2D eigenvalue weighted by atomic mass is 10.2. The molecule has 0 unspecified atom stereocenters. The maximum absolute atomic E-state index is 13.4. The Bertz CT molecular complexity index is 1340. The minimum Gasteiger partial charge on any atom is -0.484 e. The Morgan fingerprint density at radius 3 is 2.14 bits per heavy atom. The normalized spacial score (nSPS) is 14.0. The molecular weight excluding hydrogens is 530 g/mol. The summed E-state index contributed by atoms with van der Waals surface area (Å²) in [4.78, 5) is 3.86. The van der Waals surface area contributed by atoms with Crippen LogP contribution in [0.5, 0.6) is 5.75 Å². The van der Waals surface area contributed by atoms with Crippen LogP contribution >= 0.6 is 0 Å². The lowest BCUT2D eigenvalue weighted by Crippen LogP contribution is -2.54. The van der Waals surface area contributed by atoms with E-state index in [4.69, 9.17) is 0 Å². The van der Waals surface area contributed by atoms with Crippen molar-refractivity contribution in [2.24, 2.45) is 0 Å². The van der Waals surface area contributed by atoms with E-state index in [1.54, 1.807) is 0 Å². The van der Waals surface area contributed by atoms with Crippen LogP contribution in [0.1, 0.15) is 12.5 Å². The fourth-order valence-corrected chi connectivity index (χ4v) is 3.86. The minimum absolute atomic E-state index is 0.283. The third-order valence-corrected chi connectivity index (χ3v) is 6.30. The SMILES string of the molecule is CCS(=O)(=O)c1c(-n2cc(OCC(F)(F)C(F)(F)C(F)(F)F)cn2)nc2ccc(C(F)(F)F)cn12. The number of hydrogen-bond acceptors (Lipinski definition) is 5. The number of imidazole rings is 1. The molecule has 0 aromatic carbocycles. The average molecular weight is 542 g/mol. The Balaban J connectivity index is 2.02. The second-order valence-corrected chi connectivity index (χ2v) is 9.17. The van der Waals surface area contributed by atoms with Crippen LogP contribution in [0, 0.1) is 0 Å². The molecule has 18 heteroatoms. The van der Waals surface area contributed by atoms with Gasteiger partial charge in [0.25, 0.3) is 0 Å². The number of nitrogens with zero attached hydrogens (tertiary/aromatic N) is 4. The molecule has 3 aromatic rings. The van der Waals surface area contributed by atoms with Crippen molar-refractivity contribution in [2.45, 2.75) is 36.1 Å². The van der Waals surface area contributed by atoms with Gasteiger partial charge in [-0.05, 0) is 12.1 Å². The van der Waals surface area contributed by atoms with Crippen molar-refractivity contribution in [3.63, 3.8) is 0 Å². The van der Waals surface area contributed by atoms with E-state index in [0.717, 1.165) is 6.07 Å². The third kappa shape index (κ3) is 4.74. The molecular formula is C17H12F10N4O3S. The first-order valence-electron chi connectivity index (χ1n) is 9.14. The van der Waals surface area contributed by atoms with Gasteiger partial charge in [-0.25, -0.2) is 18.1 Å². The molecule has 0 saturated heterocycles. The molecule has 0 N–H and O–H groups in total. The molecule has 0 aliphatic carbocycles. The molecule has 0 amide bonds. The maximum Gasteiger partial charge on any atom is 0.460 e. The van der Waals surface area contributed by atoms with Gasteiger partial charge in [-0.15, -0.1) is 0 Å². The number of rotatable bonds is 7. The fourth-order valence-electron chi connectivity index (χ4n) is 2.72. The van der Waals surface area contributed by atoms with Gasteiger partial charge in [0.1, 0.15) is 5.65 Å². The zero-order chi connectivity index (χ0) is 26.6. The molecule has 0 aliphatic heterocycles. The summed E-state index contributed by atoms with van der Waals surface area (Å²) in [5, 5.41) is 2.77. The summed E-state index contributed by atoms with van der Waals surface area (Å²) >= 11 is 0. The van der Waals surface area contributed by atoms with E-state index in [-0.39, 0.29) is 5.65 Å². The summed E-state index contributed by atoms with van der Waals surface area (Å²) in [6.07, 6.45) is -9.76. The van der Waals surface area contributed by atoms with Gasteiger partial charge < -0.3 is 4.74 Å². The first-order chi connectivity index (χ1) is 15.8. The van der Waals surface area contributed by atoms with Gasteiger partial charge in [-0.2, -0.15) is 49.0 Å². The summed E-state index contributed by atoms with van der Waals surface area (Å²) in [7, 11) is -4.30. The van der Waals surface area contributed by atoms with E-state index in [1.165, 1.54) is 6.92 Å². The standard InChI is InChI=1S/C17H12F10N4O3S/c1-2-35(32,33)13-12(29-11-4-3-9(6-30(11)13)15(20,21)22)31-7-10(5-28-31)34-8-14(18,19)16(23,24)17(25,26)27/h3-7H,2,8H2,1H3. The van der Waals surface area contributed by atoms with Gasteiger partial charge >= 0.3 is 24.2 Å². The van der Waals surface area contributed by atoms with E-state index in [9.17, 15) is 52.3 Å². The van der Waals surface area contributed by atoms with E-state index in [0.29, 0.717) is 33.7 Å². The van der Waals surface area contributed by atoms with Crippen LogP contribution in [0.3, 0.4) is 0 Å². The molecule has 0 bridgehead atoms. The Morgan fingerprint density at radius 1 is 0.971 bits per heavy atom. The molecule has 0 spiro atoms. The molecule has 0 atom stereocenters. The van der Waals surface area contributed by atoms with E-state index in [2.05, 4.69) is 14.8 Å². The highest BCUT2D eigenvalue weighted by atomic mass is 32.2. The summed E-state index contributed by atoms with van der Waals surface area (Å²) in [5.74, 6) is -14.1. The van der Waals surface area contributed by atoms with Crippen molar-refractivity contribution in [1.82, 2.24) is 19.2 Å². The first-order valence-corrected chi connectivity index (χ1v) is 10.8. The minimum atomic E-state index is -6.57. The predicted molar refractivity (Wildman–Crippen MR) is 96.5 cm³/mol. The third-order valence-electron chi connectivity index (χ3n) is 4.57. The Labute approximate surface area is 188 Å². The number of sulfone groups is 1. The Hall–Kier alpha value is -3.05. The summed E-state index contributed by atoms with van der Waals surface area (Å²) in [6, 6.07) is 1.47. The van der Waals surface area contributed by atoms with Crippen molar-refractivity contribution in [2.75, 3.05) is 12.4 Å². The predicted octanol–water partition coefficient (Wildman–Crippen LogP) is 4.54. The Kier molecular flexibility index (Phi) is 6.27. The number of halogens is 10. The van der Waals surface area contributed by atoms with Crippen LogP contribution < -0.4 is 4.74 Å². The van der Waals surface area contributed by atoms with Gasteiger partial charge in [0.05, 0.1) is 23.7 Å². The van der Waals surface area contributed by atoms with Crippen molar-refractivity contribution in [3.8, 4) is 11.6 Å². The molecule has 3 rings (SSSR count). The van der Waals surface area contributed by atoms with E-state index < -0.39 is 68.6 Å². The van der Waals surface area contributed by atoms with Crippen LogP contribution in [0.15, 0.2) is 35.7 Å². The zero-order valence-electron chi connectivity index (χ0n) is 17.0. The average Bonchev–Trinajstić information content (AvgIpc) is 3.34. The highest BCUT2D eigenvalue weighted by Crippen LogP contribution is 2.46. The van der Waals surface area contributed by atoms with Crippen LogP contribution in [0.4, 0.5) is 43.9 Å². The second kappa shape index (κ2) is 8.27. The molecule has 3 heterocycles. The fraction of sp³-hybridized carbons (Fsp3) is 0.412. The number of ether oxygens (including phenoxy) is 1. The van der Waals surface area contributed by atoms with Crippen molar-refractivity contribution < 1.29 is 57.1 Å². The number of alkyl halides is 10. The number of aromatic nitrogens is 4. The Morgan fingerprint density at radius 2 is 1.60 bits per heavy atom.